The Hall–Kier alpha value is -0.940. The molecule has 0 radical (unpaired) electrons. The van der Waals surface area contributed by atoms with Gasteiger partial charge in [0.25, 0.3) is 0 Å². The first-order valence-electron chi connectivity index (χ1n) is 7.47. The zero-order valence-electron chi connectivity index (χ0n) is 12.0. The van der Waals surface area contributed by atoms with Crippen molar-refractivity contribution in [1.82, 2.24) is 15.5 Å². The topological polar surface area (TPSA) is 60.2 Å². The summed E-state index contributed by atoms with van der Waals surface area (Å²) < 4.78 is 11.4. The van der Waals surface area contributed by atoms with E-state index in [4.69, 9.17) is 9.15 Å². The highest BCUT2D eigenvalue weighted by atomic mass is 16.5. The number of aryl methyl sites for hydroxylation is 1. The van der Waals surface area contributed by atoms with Crippen LogP contribution in [0.25, 0.3) is 0 Å². The van der Waals surface area contributed by atoms with Crippen LogP contribution in [0, 0.1) is 0 Å². The monoisotopic (exact) mass is 267 g/mol. The van der Waals surface area contributed by atoms with Crippen molar-refractivity contribution in [2.45, 2.75) is 64.5 Å². The van der Waals surface area contributed by atoms with Crippen LogP contribution in [-0.2, 0) is 11.2 Å². The predicted octanol–water partition coefficient (Wildman–Crippen LogP) is 2.63. The molecule has 19 heavy (non-hydrogen) atoms. The van der Waals surface area contributed by atoms with Crippen LogP contribution in [0.3, 0.4) is 0 Å². The summed E-state index contributed by atoms with van der Waals surface area (Å²) in [6, 6.07) is 0.132. The third kappa shape index (κ3) is 4.58. The largest absolute Gasteiger partial charge is 0.424 e. The van der Waals surface area contributed by atoms with Crippen molar-refractivity contribution in [2.24, 2.45) is 0 Å². The molecule has 1 saturated heterocycles. The van der Waals surface area contributed by atoms with E-state index in [9.17, 15) is 0 Å². The number of rotatable bonds is 7. The number of nitrogens with one attached hydrogen (secondary N) is 1. The maximum Gasteiger partial charge on any atom is 0.233 e. The normalized spacial score (nSPS) is 21.5. The second-order valence-corrected chi connectivity index (χ2v) is 5.24. The van der Waals surface area contributed by atoms with Crippen LogP contribution in [-0.4, -0.2) is 29.5 Å². The molecule has 108 valence electrons. The molecule has 0 aromatic carbocycles. The molecule has 1 aromatic rings. The fourth-order valence-electron chi connectivity index (χ4n) is 2.31. The van der Waals surface area contributed by atoms with Crippen LogP contribution in [0.1, 0.15) is 63.8 Å². The molecule has 5 nitrogen and oxygen atoms in total. The van der Waals surface area contributed by atoms with Crippen LogP contribution in [0.2, 0.25) is 0 Å². The van der Waals surface area contributed by atoms with Gasteiger partial charge >= 0.3 is 0 Å². The molecule has 2 atom stereocenters. The second kappa shape index (κ2) is 7.60. The smallest absolute Gasteiger partial charge is 0.233 e. The molecule has 2 rings (SSSR count). The summed E-state index contributed by atoms with van der Waals surface area (Å²) in [7, 11) is 0. The highest BCUT2D eigenvalue weighted by molar-refractivity contribution is 4.88. The molecular formula is C14H25N3O2. The van der Waals surface area contributed by atoms with Gasteiger partial charge in [0.15, 0.2) is 0 Å². The zero-order valence-corrected chi connectivity index (χ0v) is 12.0. The molecule has 1 N–H and O–H groups in total. The van der Waals surface area contributed by atoms with Gasteiger partial charge in [-0.15, -0.1) is 10.2 Å². The van der Waals surface area contributed by atoms with Gasteiger partial charge in [0.05, 0.1) is 12.1 Å². The number of ether oxygens (including phenoxy) is 1. The van der Waals surface area contributed by atoms with Crippen molar-refractivity contribution < 1.29 is 9.15 Å². The Kier molecular flexibility index (Phi) is 5.79. The molecule has 2 heterocycles. The highest BCUT2D eigenvalue weighted by Crippen LogP contribution is 2.18. The zero-order chi connectivity index (χ0) is 13.5. The maximum atomic E-state index is 5.70. The van der Waals surface area contributed by atoms with Gasteiger partial charge < -0.3 is 14.5 Å². The van der Waals surface area contributed by atoms with Crippen molar-refractivity contribution in [1.29, 1.82) is 0 Å². The van der Waals surface area contributed by atoms with E-state index in [2.05, 4.69) is 29.4 Å². The molecule has 0 aliphatic carbocycles. The van der Waals surface area contributed by atoms with Gasteiger partial charge in [-0.25, -0.2) is 0 Å². The molecular weight excluding hydrogens is 242 g/mol. The van der Waals surface area contributed by atoms with E-state index in [0.717, 1.165) is 44.7 Å². The van der Waals surface area contributed by atoms with E-state index in [1.165, 1.54) is 12.8 Å². The van der Waals surface area contributed by atoms with Crippen molar-refractivity contribution in [3.8, 4) is 0 Å². The van der Waals surface area contributed by atoms with E-state index in [0.29, 0.717) is 12.0 Å². The summed E-state index contributed by atoms with van der Waals surface area (Å²) in [5, 5.41) is 11.6. The average molecular weight is 267 g/mol. The Balaban J connectivity index is 1.76. The first kappa shape index (κ1) is 14.5. The van der Waals surface area contributed by atoms with Crippen LogP contribution in [0.4, 0.5) is 0 Å². The van der Waals surface area contributed by atoms with Crippen molar-refractivity contribution in [2.75, 3.05) is 13.2 Å². The highest BCUT2D eigenvalue weighted by Gasteiger charge is 2.17. The van der Waals surface area contributed by atoms with Crippen LogP contribution < -0.4 is 5.32 Å². The quantitative estimate of drug-likeness (QED) is 0.823. The Bertz CT molecular complexity index is 361. The second-order valence-electron chi connectivity index (χ2n) is 5.24. The Morgan fingerprint density at radius 2 is 2.26 bits per heavy atom. The van der Waals surface area contributed by atoms with Gasteiger partial charge in [-0.2, -0.15) is 0 Å². The molecule has 1 aliphatic rings. The minimum atomic E-state index is 0.132. The van der Waals surface area contributed by atoms with Gasteiger partial charge in [0, 0.05) is 13.0 Å². The van der Waals surface area contributed by atoms with E-state index in [1.54, 1.807) is 0 Å². The molecule has 0 saturated carbocycles. The molecule has 0 amide bonds. The fourth-order valence-corrected chi connectivity index (χ4v) is 2.31. The van der Waals surface area contributed by atoms with E-state index in [-0.39, 0.29) is 6.04 Å². The Morgan fingerprint density at radius 3 is 3.00 bits per heavy atom. The van der Waals surface area contributed by atoms with Crippen LogP contribution in [0.15, 0.2) is 4.42 Å². The minimum Gasteiger partial charge on any atom is -0.424 e. The SMILES string of the molecule is CCCNC(C)c1nnc(CCC2CCCCO2)o1. The number of hydrogen-bond donors (Lipinski definition) is 1. The summed E-state index contributed by atoms with van der Waals surface area (Å²) in [5.74, 6) is 1.42. The summed E-state index contributed by atoms with van der Waals surface area (Å²) in [5.41, 5.74) is 0. The average Bonchev–Trinajstić information content (AvgIpc) is 2.92. The first-order chi connectivity index (χ1) is 9.29. The van der Waals surface area contributed by atoms with Crippen molar-refractivity contribution >= 4 is 0 Å². The lowest BCUT2D eigenvalue weighted by Crippen LogP contribution is -2.19. The lowest BCUT2D eigenvalue weighted by Gasteiger charge is -2.21. The summed E-state index contributed by atoms with van der Waals surface area (Å²) in [4.78, 5) is 0. The summed E-state index contributed by atoms with van der Waals surface area (Å²) >= 11 is 0. The van der Waals surface area contributed by atoms with E-state index in [1.807, 2.05) is 0 Å². The molecule has 0 spiro atoms. The number of nitrogens with zero attached hydrogens (tertiary/aromatic N) is 2. The van der Waals surface area contributed by atoms with Gasteiger partial charge in [0.1, 0.15) is 0 Å². The molecule has 5 heteroatoms. The molecule has 1 fully saturated rings. The van der Waals surface area contributed by atoms with E-state index < -0.39 is 0 Å². The molecule has 1 aliphatic heterocycles. The van der Waals surface area contributed by atoms with Crippen molar-refractivity contribution in [3.05, 3.63) is 11.8 Å². The van der Waals surface area contributed by atoms with Gasteiger partial charge in [0.2, 0.25) is 11.8 Å². The van der Waals surface area contributed by atoms with Crippen molar-refractivity contribution in [3.63, 3.8) is 0 Å². The third-order valence-electron chi connectivity index (χ3n) is 3.51. The lowest BCUT2D eigenvalue weighted by atomic mass is 10.0. The van der Waals surface area contributed by atoms with Crippen LogP contribution in [0.5, 0.6) is 0 Å². The number of hydrogen-bond acceptors (Lipinski definition) is 5. The first-order valence-corrected chi connectivity index (χ1v) is 7.47. The number of aromatic nitrogens is 2. The molecule has 1 aromatic heterocycles. The van der Waals surface area contributed by atoms with Gasteiger partial charge in [-0.3, -0.25) is 0 Å². The Morgan fingerprint density at radius 1 is 1.37 bits per heavy atom. The third-order valence-corrected chi connectivity index (χ3v) is 3.51. The van der Waals surface area contributed by atoms with Crippen LogP contribution >= 0.6 is 0 Å². The standard InChI is InChI=1S/C14H25N3O2/c1-3-9-15-11(2)14-17-16-13(19-14)8-7-12-6-4-5-10-18-12/h11-12,15H,3-10H2,1-2H3. The Labute approximate surface area is 115 Å². The fraction of sp³-hybridized carbons (Fsp3) is 0.857. The van der Waals surface area contributed by atoms with E-state index >= 15 is 0 Å². The maximum absolute atomic E-state index is 5.70. The lowest BCUT2D eigenvalue weighted by molar-refractivity contribution is 0.0105. The van der Waals surface area contributed by atoms with Gasteiger partial charge in [-0.05, 0) is 45.6 Å². The molecule has 0 bridgehead atoms. The predicted molar refractivity (Wildman–Crippen MR) is 72.9 cm³/mol. The van der Waals surface area contributed by atoms with Gasteiger partial charge in [-0.1, -0.05) is 6.92 Å². The molecule has 2 unspecified atom stereocenters. The summed E-state index contributed by atoms with van der Waals surface area (Å²) in [6.07, 6.45) is 6.91. The summed E-state index contributed by atoms with van der Waals surface area (Å²) in [6.45, 7) is 6.06. The minimum absolute atomic E-state index is 0.132.